The summed E-state index contributed by atoms with van der Waals surface area (Å²) >= 11 is 0. The van der Waals surface area contributed by atoms with Gasteiger partial charge in [0.2, 0.25) is 5.91 Å². The van der Waals surface area contributed by atoms with Crippen LogP contribution in [-0.2, 0) is 11.3 Å². The molecule has 1 aromatic heterocycles. The van der Waals surface area contributed by atoms with Crippen LogP contribution in [0.3, 0.4) is 0 Å². The highest BCUT2D eigenvalue weighted by Crippen LogP contribution is 2.39. The Bertz CT molecular complexity index is 1190. The van der Waals surface area contributed by atoms with Crippen LogP contribution in [-0.4, -0.2) is 22.6 Å². The Kier molecular flexibility index (Phi) is 9.36. The van der Waals surface area contributed by atoms with Gasteiger partial charge < -0.3 is 15.6 Å². The topological polar surface area (TPSA) is 60.1 Å². The monoisotopic (exact) mass is 521 g/mol. The third-order valence-electron chi connectivity index (χ3n) is 8.76. The number of amides is 1. The van der Waals surface area contributed by atoms with Crippen LogP contribution in [0.4, 0.5) is 0 Å². The van der Waals surface area contributed by atoms with Crippen molar-refractivity contribution in [3.05, 3.63) is 70.9 Å². The van der Waals surface area contributed by atoms with Gasteiger partial charge in [-0.1, -0.05) is 67.3 Å². The van der Waals surface area contributed by atoms with Crippen LogP contribution in [0.2, 0.25) is 0 Å². The van der Waals surface area contributed by atoms with E-state index in [2.05, 4.69) is 72.3 Å². The second kappa shape index (κ2) is 12.5. The predicted molar refractivity (Wildman–Crippen MR) is 157 cm³/mol. The van der Waals surface area contributed by atoms with E-state index in [1.54, 1.807) is 0 Å². The van der Waals surface area contributed by atoms with Gasteiger partial charge in [-0.3, -0.25) is 4.79 Å². The number of carbonyl (C=O) groups excluding carboxylic acids is 1. The minimum absolute atomic E-state index is 0. The molecule has 0 spiro atoms. The highest BCUT2D eigenvalue weighted by Gasteiger charge is 2.28. The molecule has 37 heavy (non-hydrogen) atoms. The lowest BCUT2D eigenvalue weighted by Gasteiger charge is -2.28. The maximum Gasteiger partial charge on any atom is 0.221 e. The number of hydrogen-bond donors (Lipinski definition) is 2. The van der Waals surface area contributed by atoms with E-state index in [-0.39, 0.29) is 36.3 Å². The molecule has 0 saturated heterocycles. The maximum absolute atomic E-state index is 13.5. The number of nitrogens with zero attached hydrogens (tertiary/aromatic N) is 1. The summed E-state index contributed by atoms with van der Waals surface area (Å²) in [6.07, 6.45) is 11.2. The van der Waals surface area contributed by atoms with Crippen molar-refractivity contribution < 1.29 is 4.79 Å². The molecule has 2 fully saturated rings. The van der Waals surface area contributed by atoms with Crippen LogP contribution in [0.15, 0.2) is 48.5 Å². The van der Waals surface area contributed by atoms with Crippen LogP contribution in [0, 0.1) is 19.8 Å². The van der Waals surface area contributed by atoms with E-state index in [0.717, 1.165) is 38.1 Å². The van der Waals surface area contributed by atoms with Gasteiger partial charge in [0.05, 0.1) is 0 Å². The van der Waals surface area contributed by atoms with Gasteiger partial charge in [0, 0.05) is 47.6 Å². The van der Waals surface area contributed by atoms with Crippen molar-refractivity contribution in [2.24, 2.45) is 11.7 Å². The molecule has 0 bridgehead atoms. The van der Waals surface area contributed by atoms with Crippen LogP contribution < -0.4 is 11.1 Å². The smallest absolute Gasteiger partial charge is 0.221 e. The Balaban J connectivity index is 0.00000320. The van der Waals surface area contributed by atoms with E-state index in [1.165, 1.54) is 65.4 Å². The summed E-state index contributed by atoms with van der Waals surface area (Å²) in [7, 11) is 0. The summed E-state index contributed by atoms with van der Waals surface area (Å²) in [6, 6.07) is 18.1. The molecule has 4 nitrogen and oxygen atoms in total. The van der Waals surface area contributed by atoms with Crippen molar-refractivity contribution in [2.75, 3.05) is 0 Å². The molecule has 2 aliphatic carbocycles. The minimum atomic E-state index is 0. The molecule has 2 saturated carbocycles. The van der Waals surface area contributed by atoms with Crippen LogP contribution in [0.1, 0.15) is 92.5 Å². The summed E-state index contributed by atoms with van der Waals surface area (Å²) in [5, 5.41) is 4.66. The largest absolute Gasteiger partial charge is 0.353 e. The van der Waals surface area contributed by atoms with Gasteiger partial charge in [0.15, 0.2) is 0 Å². The van der Waals surface area contributed by atoms with E-state index in [0.29, 0.717) is 6.42 Å². The zero-order valence-corrected chi connectivity index (χ0v) is 23.4. The average Bonchev–Trinajstić information content (AvgIpc) is 3.15. The van der Waals surface area contributed by atoms with Gasteiger partial charge in [0.25, 0.3) is 0 Å². The lowest BCUT2D eigenvalue weighted by atomic mass is 9.85. The Labute approximate surface area is 228 Å². The molecule has 1 unspecified atom stereocenters. The number of fused-ring (bicyclic) bond motifs is 1. The molecule has 5 rings (SSSR count). The second-order valence-corrected chi connectivity index (χ2v) is 11.5. The number of nitrogens with one attached hydrogen (secondary N) is 1. The normalized spacial score (nSPS) is 21.4. The highest BCUT2D eigenvalue weighted by molar-refractivity contribution is 5.88. The van der Waals surface area contributed by atoms with Crippen molar-refractivity contribution in [1.82, 2.24) is 9.88 Å². The highest BCUT2D eigenvalue weighted by atomic mass is 35.5. The standard InChI is InChI=1S/C32H43N3O.ClH/c1-22-9-8-12-25(19-22)29(20-31(36)34-27-17-15-26(33)16-18-27)32-23(2)35(21-24-10-4-3-5-11-24)30-14-7-6-13-28(30)32;/h6-9,12-14,19,24,26-27,29H,3-5,10-11,15-18,20-21,33H2,1-2H3,(H,34,36);1H. The Hall–Kier alpha value is -2.30. The first-order valence-electron chi connectivity index (χ1n) is 14.2. The van der Waals surface area contributed by atoms with E-state index in [1.807, 2.05) is 0 Å². The molecule has 1 atom stereocenters. The Morgan fingerprint density at radius 3 is 2.43 bits per heavy atom. The molecule has 3 aromatic rings. The first-order chi connectivity index (χ1) is 17.5. The van der Waals surface area contributed by atoms with E-state index in [4.69, 9.17) is 5.73 Å². The number of hydrogen-bond acceptors (Lipinski definition) is 2. The second-order valence-electron chi connectivity index (χ2n) is 11.5. The number of para-hydroxylation sites is 1. The first-order valence-corrected chi connectivity index (χ1v) is 14.2. The molecule has 5 heteroatoms. The summed E-state index contributed by atoms with van der Waals surface area (Å²) in [5.74, 6) is 0.943. The van der Waals surface area contributed by atoms with Crippen LogP contribution in [0.5, 0.6) is 0 Å². The number of carbonyl (C=O) groups is 1. The van der Waals surface area contributed by atoms with Gasteiger partial charge in [-0.05, 0) is 75.5 Å². The Morgan fingerprint density at radius 2 is 1.70 bits per heavy atom. The van der Waals surface area contributed by atoms with Crippen molar-refractivity contribution in [1.29, 1.82) is 0 Å². The van der Waals surface area contributed by atoms with Crippen molar-refractivity contribution in [3.63, 3.8) is 0 Å². The fourth-order valence-electron chi connectivity index (χ4n) is 6.77. The summed E-state index contributed by atoms with van der Waals surface area (Å²) < 4.78 is 2.56. The third-order valence-corrected chi connectivity index (χ3v) is 8.76. The molecule has 1 amide bonds. The quantitative estimate of drug-likeness (QED) is 0.346. The molecular weight excluding hydrogens is 478 g/mol. The Morgan fingerprint density at radius 1 is 0.973 bits per heavy atom. The zero-order chi connectivity index (χ0) is 25.1. The summed E-state index contributed by atoms with van der Waals surface area (Å²) in [5.41, 5.74) is 12.5. The number of benzene rings is 2. The first kappa shape index (κ1) is 27.7. The van der Waals surface area contributed by atoms with Crippen molar-refractivity contribution in [2.45, 2.75) is 103 Å². The fraction of sp³-hybridized carbons (Fsp3) is 0.531. The molecule has 0 aliphatic heterocycles. The van der Waals surface area contributed by atoms with E-state index >= 15 is 0 Å². The lowest BCUT2D eigenvalue weighted by Crippen LogP contribution is -2.40. The third kappa shape index (κ3) is 6.41. The van der Waals surface area contributed by atoms with Crippen molar-refractivity contribution >= 4 is 29.2 Å². The molecule has 2 aliphatic rings. The minimum Gasteiger partial charge on any atom is -0.353 e. The molecule has 0 radical (unpaired) electrons. The van der Waals surface area contributed by atoms with E-state index in [9.17, 15) is 4.79 Å². The van der Waals surface area contributed by atoms with Gasteiger partial charge in [-0.2, -0.15) is 0 Å². The van der Waals surface area contributed by atoms with E-state index < -0.39 is 0 Å². The zero-order valence-electron chi connectivity index (χ0n) is 22.5. The SMILES string of the molecule is Cc1cccc(C(CC(=O)NC2CCC(N)CC2)c2c(C)n(CC3CCCCC3)c3ccccc23)c1.Cl. The molecule has 1 heterocycles. The number of rotatable bonds is 7. The number of aryl methyl sites for hydroxylation is 1. The summed E-state index contributed by atoms with van der Waals surface area (Å²) in [6.45, 7) is 5.51. The van der Waals surface area contributed by atoms with Gasteiger partial charge in [-0.15, -0.1) is 12.4 Å². The van der Waals surface area contributed by atoms with Gasteiger partial charge >= 0.3 is 0 Å². The number of aromatic nitrogens is 1. The fourth-order valence-corrected chi connectivity index (χ4v) is 6.77. The summed E-state index contributed by atoms with van der Waals surface area (Å²) in [4.78, 5) is 13.5. The predicted octanol–water partition coefficient (Wildman–Crippen LogP) is 7.17. The molecule has 2 aromatic carbocycles. The number of halogens is 1. The van der Waals surface area contributed by atoms with Crippen LogP contribution in [0.25, 0.3) is 10.9 Å². The van der Waals surface area contributed by atoms with Gasteiger partial charge in [0.1, 0.15) is 0 Å². The maximum atomic E-state index is 13.5. The van der Waals surface area contributed by atoms with Gasteiger partial charge in [-0.25, -0.2) is 0 Å². The molecular formula is C32H44ClN3O. The van der Waals surface area contributed by atoms with Crippen molar-refractivity contribution in [3.8, 4) is 0 Å². The average molecular weight is 522 g/mol. The molecule has 3 N–H and O–H groups in total. The van der Waals surface area contributed by atoms with Crippen LogP contribution >= 0.6 is 12.4 Å². The molecule has 200 valence electrons. The lowest BCUT2D eigenvalue weighted by molar-refractivity contribution is -0.122. The number of nitrogens with two attached hydrogens (primary N) is 1.